The summed E-state index contributed by atoms with van der Waals surface area (Å²) in [5.74, 6) is -2.62. The van der Waals surface area contributed by atoms with Gasteiger partial charge in [0, 0.05) is 18.9 Å². The number of anilines is 1. The molecule has 158 valence electrons. The fourth-order valence-electron chi connectivity index (χ4n) is 2.96. The smallest absolute Gasteiger partial charge is 0.369 e. The number of nitrogens with zero attached hydrogens (tertiary/aromatic N) is 3. The predicted molar refractivity (Wildman–Crippen MR) is 100.0 cm³/mol. The number of alkyl halides is 3. The van der Waals surface area contributed by atoms with Gasteiger partial charge in [-0.05, 0) is 30.7 Å². The molecular formula is C19H17F4N5O2. The standard InChI is InChI=1S/C19H17F4N5O2/c1-18(8-14(29)28(2)17(24)27-18)10-4-3-5-12(6-10)26-16(30)15-13(20)7-11(9-25-15)19(21,22)23/h3-7,9H,8H2,1-2H3,(H2,24,27)(H,26,30). The molecular weight excluding hydrogens is 406 g/mol. The van der Waals surface area contributed by atoms with Crippen molar-refractivity contribution < 1.29 is 27.2 Å². The Morgan fingerprint density at radius 2 is 2.00 bits per heavy atom. The van der Waals surface area contributed by atoms with Gasteiger partial charge in [-0.3, -0.25) is 14.5 Å². The van der Waals surface area contributed by atoms with Crippen molar-refractivity contribution in [2.45, 2.75) is 25.1 Å². The number of benzene rings is 1. The van der Waals surface area contributed by atoms with Crippen LogP contribution in [0, 0.1) is 5.82 Å². The van der Waals surface area contributed by atoms with E-state index in [4.69, 9.17) is 5.73 Å². The topological polar surface area (TPSA) is 101 Å². The normalized spacial score (nSPS) is 19.5. The van der Waals surface area contributed by atoms with Crippen molar-refractivity contribution in [3.05, 3.63) is 59.2 Å². The summed E-state index contributed by atoms with van der Waals surface area (Å²) >= 11 is 0. The number of guanidine groups is 1. The van der Waals surface area contributed by atoms with Gasteiger partial charge in [-0.2, -0.15) is 13.2 Å². The Bertz CT molecular complexity index is 1050. The van der Waals surface area contributed by atoms with E-state index in [0.717, 1.165) is 0 Å². The molecule has 0 fully saturated rings. The molecule has 0 aliphatic carbocycles. The van der Waals surface area contributed by atoms with Crippen LogP contribution in [0.3, 0.4) is 0 Å². The van der Waals surface area contributed by atoms with E-state index in [9.17, 15) is 27.2 Å². The van der Waals surface area contributed by atoms with Crippen LogP contribution in [0.25, 0.3) is 0 Å². The second kappa shape index (κ2) is 7.39. The summed E-state index contributed by atoms with van der Waals surface area (Å²) in [5, 5.41) is 2.39. The van der Waals surface area contributed by atoms with Crippen LogP contribution < -0.4 is 11.1 Å². The zero-order valence-corrected chi connectivity index (χ0v) is 15.9. The third kappa shape index (κ3) is 4.09. The highest BCUT2D eigenvalue weighted by Gasteiger charge is 2.36. The van der Waals surface area contributed by atoms with Crippen molar-refractivity contribution >= 4 is 23.5 Å². The molecule has 1 aliphatic heterocycles. The number of amides is 2. The van der Waals surface area contributed by atoms with Crippen LogP contribution in [0.4, 0.5) is 23.2 Å². The van der Waals surface area contributed by atoms with Gasteiger partial charge in [0.05, 0.1) is 17.5 Å². The quantitative estimate of drug-likeness (QED) is 0.742. The van der Waals surface area contributed by atoms with E-state index < -0.39 is 34.7 Å². The molecule has 3 rings (SSSR count). The van der Waals surface area contributed by atoms with Crippen LogP contribution in [0.1, 0.15) is 35.0 Å². The molecule has 11 heteroatoms. The molecule has 1 aromatic heterocycles. The lowest BCUT2D eigenvalue weighted by Crippen LogP contribution is -2.47. The van der Waals surface area contributed by atoms with Gasteiger partial charge >= 0.3 is 6.18 Å². The molecule has 0 spiro atoms. The summed E-state index contributed by atoms with van der Waals surface area (Å²) in [6.45, 7) is 1.70. The number of aliphatic imine (C=N–C) groups is 1. The highest BCUT2D eigenvalue weighted by molar-refractivity contribution is 6.03. The fraction of sp³-hybridized carbons (Fsp3) is 0.263. The molecule has 2 amide bonds. The number of rotatable bonds is 3. The van der Waals surface area contributed by atoms with Crippen molar-refractivity contribution in [1.29, 1.82) is 0 Å². The highest BCUT2D eigenvalue weighted by Crippen LogP contribution is 2.34. The first-order valence-corrected chi connectivity index (χ1v) is 8.67. The molecule has 30 heavy (non-hydrogen) atoms. The molecule has 0 saturated heterocycles. The lowest BCUT2D eigenvalue weighted by Gasteiger charge is -2.33. The van der Waals surface area contributed by atoms with Gasteiger partial charge in [0.25, 0.3) is 5.91 Å². The molecule has 1 unspecified atom stereocenters. The van der Waals surface area contributed by atoms with Gasteiger partial charge in [-0.1, -0.05) is 12.1 Å². The van der Waals surface area contributed by atoms with Crippen molar-refractivity contribution in [2.24, 2.45) is 10.7 Å². The third-order valence-corrected chi connectivity index (χ3v) is 4.70. The van der Waals surface area contributed by atoms with Gasteiger partial charge in [-0.25, -0.2) is 14.4 Å². The van der Waals surface area contributed by atoms with Gasteiger partial charge in [-0.15, -0.1) is 0 Å². The number of hydrogen-bond acceptors (Lipinski definition) is 5. The minimum absolute atomic E-state index is 0.0384. The summed E-state index contributed by atoms with van der Waals surface area (Å²) in [4.78, 5) is 33.3. The summed E-state index contributed by atoms with van der Waals surface area (Å²) < 4.78 is 51.9. The van der Waals surface area contributed by atoms with Crippen LogP contribution in [0.5, 0.6) is 0 Å². The summed E-state index contributed by atoms with van der Waals surface area (Å²) in [5.41, 5.74) is 3.52. The maximum Gasteiger partial charge on any atom is 0.417 e. The van der Waals surface area contributed by atoms with Crippen LogP contribution >= 0.6 is 0 Å². The van der Waals surface area contributed by atoms with E-state index in [-0.39, 0.29) is 30.0 Å². The molecule has 0 bridgehead atoms. The maximum absolute atomic E-state index is 14.0. The van der Waals surface area contributed by atoms with Gasteiger partial charge in [0.15, 0.2) is 17.5 Å². The summed E-state index contributed by atoms with van der Waals surface area (Å²) in [6.07, 6.45) is -4.35. The van der Waals surface area contributed by atoms with E-state index >= 15 is 0 Å². The average Bonchev–Trinajstić information content (AvgIpc) is 2.65. The van der Waals surface area contributed by atoms with Crippen LogP contribution in [-0.4, -0.2) is 34.7 Å². The van der Waals surface area contributed by atoms with Gasteiger partial charge in [0.2, 0.25) is 5.91 Å². The number of nitrogens with one attached hydrogen (secondary N) is 1. The van der Waals surface area contributed by atoms with Crippen molar-refractivity contribution in [3.63, 3.8) is 0 Å². The minimum Gasteiger partial charge on any atom is -0.369 e. The summed E-state index contributed by atoms with van der Waals surface area (Å²) in [7, 11) is 1.50. The number of hydrogen-bond donors (Lipinski definition) is 2. The van der Waals surface area contributed by atoms with Crippen molar-refractivity contribution in [2.75, 3.05) is 12.4 Å². The van der Waals surface area contributed by atoms with E-state index in [2.05, 4.69) is 15.3 Å². The Morgan fingerprint density at radius 3 is 2.60 bits per heavy atom. The Hall–Kier alpha value is -3.50. The lowest BCUT2D eigenvalue weighted by molar-refractivity contribution is -0.138. The third-order valence-electron chi connectivity index (χ3n) is 4.70. The Labute approximate surface area is 168 Å². The van der Waals surface area contributed by atoms with E-state index in [0.29, 0.717) is 11.8 Å². The fourth-order valence-corrected chi connectivity index (χ4v) is 2.96. The number of pyridine rings is 1. The monoisotopic (exact) mass is 423 g/mol. The number of aromatic nitrogens is 1. The lowest BCUT2D eigenvalue weighted by atomic mass is 9.87. The number of carbonyl (C=O) groups excluding carboxylic acids is 2. The molecule has 7 nitrogen and oxygen atoms in total. The highest BCUT2D eigenvalue weighted by atomic mass is 19.4. The zero-order valence-electron chi connectivity index (χ0n) is 15.9. The Kier molecular flexibility index (Phi) is 5.23. The van der Waals surface area contributed by atoms with E-state index in [1.807, 2.05) is 0 Å². The zero-order chi connectivity index (χ0) is 22.3. The second-order valence-electron chi connectivity index (χ2n) is 6.96. The first kappa shape index (κ1) is 21.2. The summed E-state index contributed by atoms with van der Waals surface area (Å²) in [6, 6.07) is 6.50. The molecule has 1 aromatic carbocycles. The largest absolute Gasteiger partial charge is 0.417 e. The van der Waals surface area contributed by atoms with Crippen LogP contribution in [0.2, 0.25) is 0 Å². The van der Waals surface area contributed by atoms with Crippen LogP contribution in [0.15, 0.2) is 41.5 Å². The first-order chi connectivity index (χ1) is 13.9. The predicted octanol–water partition coefficient (Wildman–Crippen LogP) is 2.88. The Balaban J connectivity index is 1.86. The maximum atomic E-state index is 14.0. The van der Waals surface area contributed by atoms with E-state index in [1.165, 1.54) is 24.1 Å². The minimum atomic E-state index is -4.78. The SMILES string of the molecule is CN1C(=O)CC(C)(c2cccc(NC(=O)c3ncc(C(F)(F)F)cc3F)c2)N=C1N. The molecule has 1 aliphatic rings. The number of halogens is 4. The molecule has 1 atom stereocenters. The average molecular weight is 423 g/mol. The molecule has 0 radical (unpaired) electrons. The van der Waals surface area contributed by atoms with Gasteiger partial charge < -0.3 is 11.1 Å². The molecule has 2 aromatic rings. The molecule has 3 N–H and O–H groups in total. The van der Waals surface area contributed by atoms with E-state index in [1.54, 1.807) is 19.1 Å². The van der Waals surface area contributed by atoms with Crippen molar-refractivity contribution in [3.8, 4) is 0 Å². The van der Waals surface area contributed by atoms with Gasteiger partial charge in [0.1, 0.15) is 0 Å². The van der Waals surface area contributed by atoms with Crippen molar-refractivity contribution in [1.82, 2.24) is 9.88 Å². The second-order valence-corrected chi connectivity index (χ2v) is 6.96. The molecule has 0 saturated carbocycles. The Morgan fingerprint density at radius 1 is 1.30 bits per heavy atom. The first-order valence-electron chi connectivity index (χ1n) is 8.67. The van der Waals surface area contributed by atoms with Crippen LogP contribution in [-0.2, 0) is 16.5 Å². The molecule has 2 heterocycles. The number of carbonyl (C=O) groups is 2. The number of nitrogens with two attached hydrogens (primary N) is 1.